The summed E-state index contributed by atoms with van der Waals surface area (Å²) in [7, 11) is 0. The highest BCUT2D eigenvalue weighted by molar-refractivity contribution is 6.09. The van der Waals surface area contributed by atoms with Crippen molar-refractivity contribution in [2.45, 2.75) is 18.4 Å². The van der Waals surface area contributed by atoms with Crippen LogP contribution in [0.5, 0.6) is 0 Å². The molecular weight excluding hydrogens is 178 g/mol. The van der Waals surface area contributed by atoms with E-state index in [1.54, 1.807) is 0 Å². The zero-order valence-electron chi connectivity index (χ0n) is 7.49. The van der Waals surface area contributed by atoms with Crippen molar-refractivity contribution < 1.29 is 9.59 Å². The number of nitrogens with one attached hydrogen (secondary N) is 1. The first-order valence-corrected chi connectivity index (χ1v) is 4.70. The Balaban J connectivity index is 2.16. The van der Waals surface area contributed by atoms with Gasteiger partial charge in [-0.15, -0.1) is 0 Å². The predicted molar refractivity (Wildman–Crippen MR) is 50.1 cm³/mol. The van der Waals surface area contributed by atoms with E-state index in [2.05, 4.69) is 5.32 Å². The Labute approximate surface area is 81.1 Å². The van der Waals surface area contributed by atoms with Crippen molar-refractivity contribution in [3.63, 3.8) is 0 Å². The predicted octanol–water partition coefficient (Wildman–Crippen LogP) is 0.855. The molecule has 2 unspecified atom stereocenters. The molecule has 0 radical (unpaired) electrons. The summed E-state index contributed by atoms with van der Waals surface area (Å²) in [6, 6.07) is 7.26. The number of carbonyl (C=O) groups excluding carboxylic acids is 2. The van der Waals surface area contributed by atoms with Crippen LogP contribution in [-0.4, -0.2) is 17.7 Å². The molecule has 2 aliphatic rings. The van der Waals surface area contributed by atoms with Crippen molar-refractivity contribution in [1.82, 2.24) is 5.32 Å². The molecule has 1 aromatic carbocycles. The highest BCUT2D eigenvalue weighted by Crippen LogP contribution is 2.38. The van der Waals surface area contributed by atoms with E-state index in [-0.39, 0.29) is 23.7 Å². The molecule has 1 N–H and O–H groups in total. The fourth-order valence-electron chi connectivity index (χ4n) is 2.40. The average molecular weight is 187 g/mol. The molecular formula is C11H9NO2. The number of fused-ring (bicyclic) bond motifs is 3. The Morgan fingerprint density at radius 2 is 2.00 bits per heavy atom. The van der Waals surface area contributed by atoms with Crippen molar-refractivity contribution in [2.24, 2.45) is 0 Å². The number of hydrogen-bond acceptors (Lipinski definition) is 2. The van der Waals surface area contributed by atoms with Gasteiger partial charge in [0, 0.05) is 17.9 Å². The summed E-state index contributed by atoms with van der Waals surface area (Å²) in [6.07, 6.45) is 0.452. The molecule has 0 bridgehead atoms. The maximum Gasteiger partial charge on any atom is 0.221 e. The van der Waals surface area contributed by atoms with Gasteiger partial charge in [0.25, 0.3) is 0 Å². The summed E-state index contributed by atoms with van der Waals surface area (Å²) >= 11 is 0. The van der Waals surface area contributed by atoms with Gasteiger partial charge in [-0.05, 0) is 5.56 Å². The van der Waals surface area contributed by atoms with Crippen molar-refractivity contribution in [3.05, 3.63) is 35.4 Å². The van der Waals surface area contributed by atoms with Gasteiger partial charge in [-0.2, -0.15) is 0 Å². The molecule has 70 valence electrons. The van der Waals surface area contributed by atoms with Gasteiger partial charge in [0.2, 0.25) is 5.91 Å². The van der Waals surface area contributed by atoms with Gasteiger partial charge < -0.3 is 5.32 Å². The molecule has 1 aliphatic carbocycles. The van der Waals surface area contributed by atoms with Gasteiger partial charge in [-0.1, -0.05) is 24.3 Å². The monoisotopic (exact) mass is 187 g/mol. The Morgan fingerprint density at radius 1 is 1.21 bits per heavy atom. The summed E-state index contributed by atoms with van der Waals surface area (Å²) in [4.78, 5) is 23.0. The van der Waals surface area contributed by atoms with E-state index < -0.39 is 0 Å². The summed E-state index contributed by atoms with van der Waals surface area (Å²) in [5.41, 5.74) is 1.81. The SMILES string of the molecule is O=C1CC2c3ccccc3C(=O)C2N1. The first-order chi connectivity index (χ1) is 6.77. The van der Waals surface area contributed by atoms with Crippen LogP contribution in [-0.2, 0) is 4.79 Å². The number of hydrogen-bond donors (Lipinski definition) is 1. The zero-order chi connectivity index (χ0) is 9.71. The average Bonchev–Trinajstić information content (AvgIpc) is 2.68. The fraction of sp³-hybridized carbons (Fsp3) is 0.273. The normalized spacial score (nSPS) is 28.6. The molecule has 0 aromatic heterocycles. The van der Waals surface area contributed by atoms with E-state index in [1.165, 1.54) is 0 Å². The molecule has 1 saturated heterocycles. The van der Waals surface area contributed by atoms with Gasteiger partial charge in [-0.3, -0.25) is 9.59 Å². The molecule has 1 fully saturated rings. The van der Waals surface area contributed by atoms with Crippen LogP contribution in [0.25, 0.3) is 0 Å². The highest BCUT2D eigenvalue weighted by atomic mass is 16.2. The first kappa shape index (κ1) is 7.74. The van der Waals surface area contributed by atoms with Crippen LogP contribution in [0, 0.1) is 0 Å². The maximum absolute atomic E-state index is 11.8. The summed E-state index contributed by atoms with van der Waals surface area (Å²) in [5, 5.41) is 2.72. The van der Waals surface area contributed by atoms with E-state index in [0.29, 0.717) is 6.42 Å². The summed E-state index contributed by atoms with van der Waals surface area (Å²) in [6.45, 7) is 0. The number of Topliss-reactive ketones (excluding diaryl/α,β-unsaturated/α-hetero) is 1. The number of benzene rings is 1. The molecule has 1 aromatic rings. The van der Waals surface area contributed by atoms with E-state index in [0.717, 1.165) is 11.1 Å². The van der Waals surface area contributed by atoms with E-state index in [4.69, 9.17) is 0 Å². The van der Waals surface area contributed by atoms with Crippen molar-refractivity contribution in [1.29, 1.82) is 0 Å². The van der Waals surface area contributed by atoms with Crippen molar-refractivity contribution in [3.8, 4) is 0 Å². The molecule has 3 rings (SSSR count). The minimum atomic E-state index is -0.292. The van der Waals surface area contributed by atoms with Crippen molar-refractivity contribution >= 4 is 11.7 Å². The third-order valence-corrected chi connectivity index (χ3v) is 3.03. The molecule has 1 heterocycles. The zero-order valence-corrected chi connectivity index (χ0v) is 7.49. The van der Waals surface area contributed by atoms with Gasteiger partial charge in [0.1, 0.15) is 0 Å². The maximum atomic E-state index is 11.8. The number of amides is 1. The first-order valence-electron chi connectivity index (χ1n) is 4.70. The van der Waals surface area contributed by atoms with Gasteiger partial charge in [0.15, 0.2) is 5.78 Å². The quantitative estimate of drug-likeness (QED) is 0.654. The molecule has 2 atom stereocenters. The smallest absolute Gasteiger partial charge is 0.221 e. The van der Waals surface area contributed by atoms with Crippen LogP contribution in [0.4, 0.5) is 0 Å². The van der Waals surface area contributed by atoms with E-state index in [1.807, 2.05) is 24.3 Å². The van der Waals surface area contributed by atoms with Crippen LogP contribution in [0.3, 0.4) is 0 Å². The highest BCUT2D eigenvalue weighted by Gasteiger charge is 2.45. The molecule has 0 spiro atoms. The lowest BCUT2D eigenvalue weighted by molar-refractivity contribution is -0.119. The second-order valence-corrected chi connectivity index (χ2v) is 3.81. The minimum absolute atomic E-state index is 0.0112. The van der Waals surface area contributed by atoms with Crippen LogP contribution < -0.4 is 5.32 Å². The van der Waals surface area contributed by atoms with Gasteiger partial charge >= 0.3 is 0 Å². The molecule has 14 heavy (non-hydrogen) atoms. The Bertz CT molecular complexity index is 439. The minimum Gasteiger partial charge on any atom is -0.345 e. The summed E-state index contributed by atoms with van der Waals surface area (Å²) in [5.74, 6) is 0.130. The van der Waals surface area contributed by atoms with E-state index in [9.17, 15) is 9.59 Å². The molecule has 1 aliphatic heterocycles. The second kappa shape index (κ2) is 2.44. The third kappa shape index (κ3) is 0.816. The number of rotatable bonds is 0. The molecule has 3 nitrogen and oxygen atoms in total. The second-order valence-electron chi connectivity index (χ2n) is 3.81. The largest absolute Gasteiger partial charge is 0.345 e. The molecule has 0 saturated carbocycles. The number of ketones is 1. The standard InChI is InChI=1S/C11H9NO2/c13-9-5-8-6-3-1-2-4-7(6)11(14)10(8)12-9/h1-4,8,10H,5H2,(H,12,13). The Hall–Kier alpha value is -1.64. The summed E-state index contributed by atoms with van der Waals surface area (Å²) < 4.78 is 0. The lowest BCUT2D eigenvalue weighted by Crippen LogP contribution is -2.31. The van der Waals surface area contributed by atoms with Crippen LogP contribution in [0.15, 0.2) is 24.3 Å². The van der Waals surface area contributed by atoms with Crippen LogP contribution in [0.1, 0.15) is 28.3 Å². The third-order valence-electron chi connectivity index (χ3n) is 3.03. The number of carbonyl (C=O) groups is 2. The van der Waals surface area contributed by atoms with E-state index >= 15 is 0 Å². The van der Waals surface area contributed by atoms with Crippen LogP contribution in [0.2, 0.25) is 0 Å². The van der Waals surface area contributed by atoms with Gasteiger partial charge in [0.05, 0.1) is 6.04 Å². The lowest BCUT2D eigenvalue weighted by Gasteiger charge is -2.05. The van der Waals surface area contributed by atoms with Crippen molar-refractivity contribution in [2.75, 3.05) is 0 Å². The fourth-order valence-corrected chi connectivity index (χ4v) is 2.40. The lowest BCUT2D eigenvalue weighted by atomic mass is 9.98. The van der Waals surface area contributed by atoms with Crippen LogP contribution >= 0.6 is 0 Å². The Morgan fingerprint density at radius 3 is 2.86 bits per heavy atom. The topological polar surface area (TPSA) is 46.2 Å². The molecule has 3 heteroatoms. The molecule has 1 amide bonds. The Kier molecular flexibility index (Phi) is 1.35. The van der Waals surface area contributed by atoms with Gasteiger partial charge in [-0.25, -0.2) is 0 Å².